The van der Waals surface area contributed by atoms with Gasteiger partial charge in [-0.25, -0.2) is 4.39 Å². The molecule has 1 amide bonds. The van der Waals surface area contributed by atoms with Gasteiger partial charge in [0.05, 0.1) is 33.9 Å². The molecule has 1 N–H and O–H groups in total. The normalized spacial score (nSPS) is 24.5. The Morgan fingerprint density at radius 2 is 1.60 bits per heavy atom. The zero-order chi connectivity index (χ0) is 25.4. The monoisotopic (exact) mass is 550 g/mol. The van der Waals surface area contributed by atoms with Crippen LogP contribution in [0.2, 0.25) is 15.1 Å². The first kappa shape index (κ1) is 24.6. The molecule has 0 spiro atoms. The van der Waals surface area contributed by atoms with Crippen LogP contribution in [-0.2, 0) is 20.9 Å². The first-order valence-electron chi connectivity index (χ1n) is 10.6. The molecule has 35 heavy (non-hydrogen) atoms. The van der Waals surface area contributed by atoms with Gasteiger partial charge in [-0.3, -0.25) is 4.79 Å². The van der Waals surface area contributed by atoms with E-state index >= 15 is 4.39 Å². The first-order chi connectivity index (χ1) is 16.3. The summed E-state index contributed by atoms with van der Waals surface area (Å²) in [6, 6.07) is 7.86. The van der Waals surface area contributed by atoms with Crippen LogP contribution in [0.3, 0.4) is 0 Å². The van der Waals surface area contributed by atoms with Gasteiger partial charge in [0.1, 0.15) is 5.60 Å². The van der Waals surface area contributed by atoms with Gasteiger partial charge in [-0.05, 0) is 36.1 Å². The lowest BCUT2D eigenvalue weighted by Crippen LogP contribution is -2.61. The van der Waals surface area contributed by atoms with E-state index in [-0.39, 0.29) is 45.0 Å². The highest BCUT2D eigenvalue weighted by Crippen LogP contribution is 2.51. The highest BCUT2D eigenvalue weighted by molar-refractivity contribution is 6.48. The standard InChI is InChI=1S/C23H17Cl3F4N2O3/c24-15-7-14(8-16(25)18(15)26)22(23(28,29)30)9-17(31-35-22)12-1-3-13(4-2-12)20(27)10-32(11-20)19(33)21(34)5-6-21/h1-4,7-8,34H,5-6,9-11H2. The molecular weight excluding hydrogens is 535 g/mol. The molecule has 5 rings (SSSR count). The number of alkyl halides is 4. The van der Waals surface area contributed by atoms with E-state index in [0.717, 1.165) is 12.1 Å². The number of rotatable bonds is 4. The van der Waals surface area contributed by atoms with Crippen LogP contribution >= 0.6 is 34.8 Å². The molecule has 1 atom stereocenters. The quantitative estimate of drug-likeness (QED) is 0.388. The van der Waals surface area contributed by atoms with E-state index in [0.29, 0.717) is 18.4 Å². The molecule has 5 nitrogen and oxygen atoms in total. The Morgan fingerprint density at radius 3 is 2.11 bits per heavy atom. The topological polar surface area (TPSA) is 62.1 Å². The van der Waals surface area contributed by atoms with Crippen molar-refractivity contribution in [2.24, 2.45) is 5.16 Å². The van der Waals surface area contributed by atoms with E-state index in [1.54, 1.807) is 0 Å². The molecular formula is C23H17Cl3F4N2O3. The summed E-state index contributed by atoms with van der Waals surface area (Å²) in [7, 11) is 0. The summed E-state index contributed by atoms with van der Waals surface area (Å²) in [6.45, 7) is -0.403. The van der Waals surface area contributed by atoms with Crippen molar-refractivity contribution < 1.29 is 32.3 Å². The maximum Gasteiger partial charge on any atom is 0.435 e. The number of hydrogen-bond acceptors (Lipinski definition) is 4. The fraction of sp³-hybridized carbons (Fsp3) is 0.391. The lowest BCUT2D eigenvalue weighted by molar-refractivity contribution is -0.275. The Morgan fingerprint density at radius 1 is 1.03 bits per heavy atom. The predicted octanol–water partition coefficient (Wildman–Crippen LogP) is 5.76. The van der Waals surface area contributed by atoms with Crippen LogP contribution in [0.15, 0.2) is 41.6 Å². The van der Waals surface area contributed by atoms with E-state index in [1.165, 1.54) is 29.2 Å². The molecule has 2 aromatic carbocycles. The largest absolute Gasteiger partial charge is 0.435 e. The summed E-state index contributed by atoms with van der Waals surface area (Å²) < 4.78 is 57.9. The van der Waals surface area contributed by atoms with Crippen LogP contribution in [-0.4, -0.2) is 46.5 Å². The first-order valence-corrected chi connectivity index (χ1v) is 11.7. The van der Waals surface area contributed by atoms with Crippen molar-refractivity contribution in [2.45, 2.75) is 42.3 Å². The minimum absolute atomic E-state index is 0.00495. The zero-order valence-corrected chi connectivity index (χ0v) is 20.1. The average Bonchev–Trinajstić information content (AvgIpc) is 3.36. The third-order valence-corrected chi connectivity index (χ3v) is 7.86. The second-order valence-electron chi connectivity index (χ2n) is 9.12. The Labute approximate surface area is 212 Å². The van der Waals surface area contributed by atoms with E-state index < -0.39 is 35.4 Å². The summed E-state index contributed by atoms with van der Waals surface area (Å²) in [4.78, 5) is 18.4. The van der Waals surface area contributed by atoms with Crippen molar-refractivity contribution in [2.75, 3.05) is 13.1 Å². The summed E-state index contributed by atoms with van der Waals surface area (Å²) in [6.07, 6.45) is -4.79. The van der Waals surface area contributed by atoms with Crippen LogP contribution in [0, 0.1) is 0 Å². The van der Waals surface area contributed by atoms with Gasteiger partial charge >= 0.3 is 6.18 Å². The van der Waals surface area contributed by atoms with Gasteiger partial charge < -0.3 is 14.8 Å². The van der Waals surface area contributed by atoms with Crippen molar-refractivity contribution in [1.82, 2.24) is 4.90 Å². The molecule has 1 unspecified atom stereocenters. The summed E-state index contributed by atoms with van der Waals surface area (Å²) in [5.74, 6) is -0.481. The highest BCUT2D eigenvalue weighted by atomic mass is 35.5. The minimum Gasteiger partial charge on any atom is -0.380 e. The number of aliphatic hydroxyl groups is 1. The van der Waals surface area contributed by atoms with Gasteiger partial charge in [0.25, 0.3) is 11.5 Å². The molecule has 0 bridgehead atoms. The van der Waals surface area contributed by atoms with Gasteiger partial charge in [-0.2, -0.15) is 13.2 Å². The molecule has 186 valence electrons. The number of nitrogens with zero attached hydrogens (tertiary/aromatic N) is 2. The number of benzene rings is 2. The van der Waals surface area contributed by atoms with E-state index in [4.69, 9.17) is 39.6 Å². The molecule has 0 aromatic heterocycles. The van der Waals surface area contributed by atoms with Crippen molar-refractivity contribution >= 4 is 46.4 Å². The van der Waals surface area contributed by atoms with E-state index in [9.17, 15) is 23.1 Å². The third-order valence-electron chi connectivity index (χ3n) is 6.66. The minimum atomic E-state index is -4.87. The molecule has 12 heteroatoms. The number of halogens is 7. The molecule has 1 saturated carbocycles. The van der Waals surface area contributed by atoms with Crippen LogP contribution in [0.5, 0.6) is 0 Å². The van der Waals surface area contributed by atoms with Crippen LogP contribution in [0.4, 0.5) is 17.6 Å². The smallest absolute Gasteiger partial charge is 0.380 e. The molecule has 2 heterocycles. The number of carbonyl (C=O) groups excluding carboxylic acids is 1. The van der Waals surface area contributed by atoms with Crippen LogP contribution in [0.1, 0.15) is 36.0 Å². The van der Waals surface area contributed by atoms with Crippen LogP contribution < -0.4 is 0 Å². The predicted molar refractivity (Wildman–Crippen MR) is 121 cm³/mol. The molecule has 2 fully saturated rings. The lowest BCUT2D eigenvalue weighted by atomic mass is 9.84. The highest BCUT2D eigenvalue weighted by Gasteiger charge is 2.62. The van der Waals surface area contributed by atoms with Gasteiger partial charge in [0.15, 0.2) is 5.67 Å². The number of oxime groups is 1. The molecule has 3 aliphatic rings. The maximum atomic E-state index is 15.3. The summed E-state index contributed by atoms with van der Waals surface area (Å²) in [5.41, 5.74) is -5.75. The Hall–Kier alpha value is -2.07. The second kappa shape index (κ2) is 7.96. The number of hydrogen-bond donors (Lipinski definition) is 1. The van der Waals surface area contributed by atoms with Gasteiger partial charge in [0, 0.05) is 12.0 Å². The van der Waals surface area contributed by atoms with Crippen molar-refractivity contribution in [3.05, 3.63) is 68.2 Å². The van der Waals surface area contributed by atoms with Crippen molar-refractivity contribution in [3.63, 3.8) is 0 Å². The van der Waals surface area contributed by atoms with Gasteiger partial charge in [-0.15, -0.1) is 0 Å². The van der Waals surface area contributed by atoms with Gasteiger partial charge in [0.2, 0.25) is 0 Å². The average molecular weight is 552 g/mol. The maximum absolute atomic E-state index is 15.3. The Balaban J connectivity index is 1.35. The zero-order valence-electron chi connectivity index (χ0n) is 17.8. The number of amides is 1. The fourth-order valence-corrected chi connectivity index (χ4v) is 4.92. The molecule has 1 saturated heterocycles. The summed E-state index contributed by atoms with van der Waals surface area (Å²) >= 11 is 17.8. The second-order valence-corrected chi connectivity index (χ2v) is 10.3. The number of carbonyl (C=O) groups is 1. The SMILES string of the molecule is O=C(N1CC(F)(c2ccc(C3=NOC(c4cc(Cl)c(Cl)c(Cl)c4)(C(F)(F)F)C3)cc2)C1)C1(O)CC1. The fourth-order valence-electron chi connectivity index (χ4n) is 4.32. The van der Waals surface area contributed by atoms with Crippen molar-refractivity contribution in [1.29, 1.82) is 0 Å². The van der Waals surface area contributed by atoms with E-state index in [1.807, 2.05) is 0 Å². The van der Waals surface area contributed by atoms with Crippen LogP contribution in [0.25, 0.3) is 0 Å². The molecule has 0 radical (unpaired) electrons. The Bertz CT molecular complexity index is 1220. The molecule has 2 aromatic rings. The molecule has 1 aliphatic carbocycles. The molecule has 2 aliphatic heterocycles. The number of likely N-dealkylation sites (tertiary alicyclic amines) is 1. The Kier molecular flexibility index (Phi) is 5.60. The third kappa shape index (κ3) is 3.97. The lowest BCUT2D eigenvalue weighted by Gasteiger charge is -2.45. The summed E-state index contributed by atoms with van der Waals surface area (Å²) in [5, 5.41) is 13.2. The van der Waals surface area contributed by atoms with Crippen molar-refractivity contribution in [3.8, 4) is 0 Å². The van der Waals surface area contributed by atoms with Gasteiger partial charge in [-0.1, -0.05) is 64.2 Å². The van der Waals surface area contributed by atoms with E-state index in [2.05, 4.69) is 5.16 Å².